The Bertz CT molecular complexity index is 554. The van der Waals surface area contributed by atoms with Crippen LogP contribution in [0.25, 0.3) is 11.0 Å². The Kier molecular flexibility index (Phi) is 5.17. The molecule has 1 heterocycles. The van der Waals surface area contributed by atoms with E-state index in [1.54, 1.807) is 6.33 Å². The third kappa shape index (κ3) is 4.25. The fourth-order valence-electron chi connectivity index (χ4n) is 1.91. The maximum Gasteiger partial charge on any atom is 0.0931 e. The standard InChI is InChI=1S/C10H14.C7H6N2/c1-2-3-7-10-8-5-4-6-9-10;1-2-4-7-6(3-1)8-5-9-7/h4-6,8-9H,2-3,7H2,1H3;1-5H,(H,8,9). The summed E-state index contributed by atoms with van der Waals surface area (Å²) < 4.78 is 0. The minimum absolute atomic E-state index is 1.03. The van der Waals surface area contributed by atoms with E-state index < -0.39 is 0 Å². The first-order valence-corrected chi connectivity index (χ1v) is 6.82. The van der Waals surface area contributed by atoms with Gasteiger partial charge in [0.15, 0.2) is 0 Å². The van der Waals surface area contributed by atoms with Crippen molar-refractivity contribution in [1.82, 2.24) is 9.97 Å². The van der Waals surface area contributed by atoms with Crippen LogP contribution in [0.3, 0.4) is 0 Å². The Labute approximate surface area is 114 Å². The van der Waals surface area contributed by atoms with Gasteiger partial charge < -0.3 is 4.98 Å². The van der Waals surface area contributed by atoms with Crippen LogP contribution in [0, 0.1) is 0 Å². The summed E-state index contributed by atoms with van der Waals surface area (Å²) in [5.41, 5.74) is 3.58. The molecule has 1 N–H and O–H groups in total. The summed E-state index contributed by atoms with van der Waals surface area (Å²) in [5, 5.41) is 0. The summed E-state index contributed by atoms with van der Waals surface area (Å²) in [6.07, 6.45) is 5.53. The first-order valence-electron chi connectivity index (χ1n) is 6.82. The highest BCUT2D eigenvalue weighted by molar-refractivity contribution is 5.73. The van der Waals surface area contributed by atoms with Crippen LogP contribution in [0.2, 0.25) is 0 Å². The number of nitrogens with zero attached hydrogens (tertiary/aromatic N) is 1. The van der Waals surface area contributed by atoms with Gasteiger partial charge in [-0.05, 0) is 30.5 Å². The lowest BCUT2D eigenvalue weighted by molar-refractivity contribution is 0.795. The number of H-pyrrole nitrogens is 1. The molecule has 0 amide bonds. The van der Waals surface area contributed by atoms with Crippen molar-refractivity contribution in [3.05, 3.63) is 66.5 Å². The number of nitrogens with one attached hydrogen (secondary N) is 1. The van der Waals surface area contributed by atoms with E-state index >= 15 is 0 Å². The Hall–Kier alpha value is -2.09. The number of rotatable bonds is 3. The lowest BCUT2D eigenvalue weighted by atomic mass is 10.1. The number of benzene rings is 2. The van der Waals surface area contributed by atoms with Crippen LogP contribution in [0.4, 0.5) is 0 Å². The number of aromatic nitrogens is 2. The molecule has 3 aromatic rings. The van der Waals surface area contributed by atoms with Crippen molar-refractivity contribution in [3.63, 3.8) is 0 Å². The number of hydrogen-bond donors (Lipinski definition) is 1. The molecule has 0 fully saturated rings. The molecule has 0 saturated carbocycles. The van der Waals surface area contributed by atoms with Crippen LogP contribution in [0.1, 0.15) is 25.3 Å². The summed E-state index contributed by atoms with van der Waals surface area (Å²) in [4.78, 5) is 7.07. The number of para-hydroxylation sites is 2. The van der Waals surface area contributed by atoms with Gasteiger partial charge in [0.1, 0.15) is 0 Å². The molecule has 0 unspecified atom stereocenters. The largest absolute Gasteiger partial charge is 0.345 e. The summed E-state index contributed by atoms with van der Waals surface area (Å²) >= 11 is 0. The molecule has 19 heavy (non-hydrogen) atoms. The van der Waals surface area contributed by atoms with Gasteiger partial charge in [0.2, 0.25) is 0 Å². The fourth-order valence-corrected chi connectivity index (χ4v) is 1.91. The van der Waals surface area contributed by atoms with Crippen molar-refractivity contribution in [2.45, 2.75) is 26.2 Å². The van der Waals surface area contributed by atoms with Crippen molar-refractivity contribution >= 4 is 11.0 Å². The Morgan fingerprint density at radius 1 is 0.947 bits per heavy atom. The van der Waals surface area contributed by atoms with Gasteiger partial charge in [-0.25, -0.2) is 4.98 Å². The first-order chi connectivity index (χ1) is 9.40. The minimum Gasteiger partial charge on any atom is -0.345 e. The number of imidazole rings is 1. The molecule has 3 rings (SSSR count). The molecule has 0 aliphatic carbocycles. The van der Waals surface area contributed by atoms with E-state index in [9.17, 15) is 0 Å². The van der Waals surface area contributed by atoms with Crippen LogP contribution in [0.15, 0.2) is 60.9 Å². The van der Waals surface area contributed by atoms with E-state index in [-0.39, 0.29) is 0 Å². The first kappa shape index (κ1) is 13.3. The van der Waals surface area contributed by atoms with Gasteiger partial charge in [0, 0.05) is 0 Å². The summed E-state index contributed by atoms with van der Waals surface area (Å²) in [5.74, 6) is 0. The van der Waals surface area contributed by atoms with Gasteiger partial charge in [0.05, 0.1) is 17.4 Å². The Morgan fingerprint density at radius 3 is 2.42 bits per heavy atom. The van der Waals surface area contributed by atoms with Crippen LogP contribution in [0.5, 0.6) is 0 Å². The molecule has 0 spiro atoms. The predicted molar refractivity (Wildman–Crippen MR) is 81.1 cm³/mol. The monoisotopic (exact) mass is 252 g/mol. The Balaban J connectivity index is 0.000000141. The fraction of sp³-hybridized carbons (Fsp3) is 0.235. The lowest BCUT2D eigenvalue weighted by Crippen LogP contribution is -1.81. The highest BCUT2D eigenvalue weighted by atomic mass is 14.9. The molecule has 0 aliphatic rings. The SMILES string of the molecule is CCCCc1ccccc1.c1ccc2[nH]cnc2c1. The Morgan fingerprint density at radius 2 is 1.68 bits per heavy atom. The second-order valence-corrected chi connectivity index (χ2v) is 4.51. The molecule has 2 aromatic carbocycles. The zero-order valence-corrected chi connectivity index (χ0v) is 11.3. The van der Waals surface area contributed by atoms with Gasteiger partial charge in [0.25, 0.3) is 0 Å². The number of aromatic amines is 1. The van der Waals surface area contributed by atoms with Crippen molar-refractivity contribution in [1.29, 1.82) is 0 Å². The molecular formula is C17H20N2. The van der Waals surface area contributed by atoms with E-state index in [2.05, 4.69) is 47.2 Å². The average molecular weight is 252 g/mol. The van der Waals surface area contributed by atoms with Crippen LogP contribution >= 0.6 is 0 Å². The molecule has 0 radical (unpaired) electrons. The molecular weight excluding hydrogens is 232 g/mol. The summed E-state index contributed by atoms with van der Waals surface area (Å²) in [6.45, 7) is 2.23. The van der Waals surface area contributed by atoms with E-state index in [0.717, 1.165) is 11.0 Å². The zero-order valence-electron chi connectivity index (χ0n) is 11.3. The van der Waals surface area contributed by atoms with Gasteiger partial charge in [-0.3, -0.25) is 0 Å². The topological polar surface area (TPSA) is 28.7 Å². The van der Waals surface area contributed by atoms with Crippen LogP contribution < -0.4 is 0 Å². The van der Waals surface area contributed by atoms with Crippen LogP contribution in [-0.2, 0) is 6.42 Å². The number of unbranched alkanes of at least 4 members (excludes halogenated alkanes) is 1. The zero-order chi connectivity index (χ0) is 13.3. The maximum atomic E-state index is 4.06. The van der Waals surface area contributed by atoms with Crippen molar-refractivity contribution in [2.75, 3.05) is 0 Å². The highest BCUT2D eigenvalue weighted by Crippen LogP contribution is 2.05. The average Bonchev–Trinajstić information content (AvgIpc) is 2.95. The van der Waals surface area contributed by atoms with Crippen LogP contribution in [-0.4, -0.2) is 9.97 Å². The smallest absolute Gasteiger partial charge is 0.0931 e. The normalized spacial score (nSPS) is 9.95. The molecule has 0 atom stereocenters. The molecule has 0 bridgehead atoms. The quantitative estimate of drug-likeness (QED) is 0.725. The van der Waals surface area contributed by atoms with E-state index in [1.165, 1.54) is 24.8 Å². The van der Waals surface area contributed by atoms with Crippen molar-refractivity contribution in [2.24, 2.45) is 0 Å². The summed E-state index contributed by atoms with van der Waals surface area (Å²) in [6, 6.07) is 18.6. The number of fused-ring (bicyclic) bond motifs is 1. The predicted octanol–water partition coefficient (Wildman–Crippen LogP) is 4.59. The van der Waals surface area contributed by atoms with Gasteiger partial charge in [-0.1, -0.05) is 55.8 Å². The van der Waals surface area contributed by atoms with Gasteiger partial charge >= 0.3 is 0 Å². The minimum atomic E-state index is 1.03. The van der Waals surface area contributed by atoms with Crippen molar-refractivity contribution in [3.8, 4) is 0 Å². The lowest BCUT2D eigenvalue weighted by Gasteiger charge is -1.96. The number of hydrogen-bond acceptors (Lipinski definition) is 1. The van der Waals surface area contributed by atoms with E-state index in [0.29, 0.717) is 0 Å². The molecule has 2 nitrogen and oxygen atoms in total. The summed E-state index contributed by atoms with van der Waals surface area (Å²) in [7, 11) is 0. The second-order valence-electron chi connectivity index (χ2n) is 4.51. The molecule has 98 valence electrons. The third-order valence-corrected chi connectivity index (χ3v) is 2.99. The molecule has 0 saturated heterocycles. The van der Waals surface area contributed by atoms with E-state index in [1.807, 2.05) is 24.3 Å². The number of aryl methyl sites for hydroxylation is 1. The highest BCUT2D eigenvalue weighted by Gasteiger charge is 1.88. The molecule has 2 heteroatoms. The molecule has 1 aromatic heterocycles. The third-order valence-electron chi connectivity index (χ3n) is 2.99. The van der Waals surface area contributed by atoms with E-state index in [4.69, 9.17) is 0 Å². The second kappa shape index (κ2) is 7.37. The van der Waals surface area contributed by atoms with Gasteiger partial charge in [-0.2, -0.15) is 0 Å². The molecule has 0 aliphatic heterocycles. The maximum absolute atomic E-state index is 4.06. The van der Waals surface area contributed by atoms with Crippen molar-refractivity contribution < 1.29 is 0 Å². The van der Waals surface area contributed by atoms with Gasteiger partial charge in [-0.15, -0.1) is 0 Å².